The number of rotatable bonds is 2. The molecule has 5 heteroatoms. The molecule has 1 aromatic heterocycles. The van der Waals surface area contributed by atoms with E-state index in [1.807, 2.05) is 18.3 Å². The van der Waals surface area contributed by atoms with Gasteiger partial charge in [0, 0.05) is 11.7 Å². The number of carbonyl (C=O) groups excluding carboxylic acids is 1. The predicted octanol–water partition coefficient (Wildman–Crippen LogP) is 3.95. The van der Waals surface area contributed by atoms with Crippen molar-refractivity contribution in [1.82, 2.24) is 4.90 Å². The molecule has 1 aromatic carbocycles. The van der Waals surface area contributed by atoms with E-state index in [4.69, 9.17) is 5.73 Å². The number of hydrogen-bond acceptors (Lipinski definition) is 4. The quantitative estimate of drug-likeness (QED) is 0.899. The first-order valence-corrected chi connectivity index (χ1v) is 9.49. The Labute approximate surface area is 146 Å². The number of hydrogen-bond donors (Lipinski definition) is 1. The van der Waals surface area contributed by atoms with Gasteiger partial charge in [0.05, 0.1) is 12.0 Å². The van der Waals surface area contributed by atoms with E-state index in [-0.39, 0.29) is 5.91 Å². The maximum atomic E-state index is 12.3. The van der Waals surface area contributed by atoms with Crippen LogP contribution in [0.25, 0.3) is 10.1 Å². The van der Waals surface area contributed by atoms with E-state index < -0.39 is 5.54 Å². The van der Waals surface area contributed by atoms with Gasteiger partial charge in [0.25, 0.3) is 0 Å². The Morgan fingerprint density at radius 3 is 2.79 bits per heavy atom. The molecule has 2 heterocycles. The van der Waals surface area contributed by atoms with Crippen molar-refractivity contribution in [3.05, 3.63) is 34.7 Å². The van der Waals surface area contributed by atoms with Crippen LogP contribution < -0.4 is 5.73 Å². The van der Waals surface area contributed by atoms with Crippen molar-refractivity contribution in [2.75, 3.05) is 7.05 Å². The molecule has 4 nitrogen and oxygen atoms in total. The Morgan fingerprint density at radius 2 is 2.08 bits per heavy atom. The lowest BCUT2D eigenvalue weighted by molar-refractivity contribution is -0.128. The first-order valence-electron chi connectivity index (χ1n) is 8.61. The van der Waals surface area contributed by atoms with Crippen LogP contribution >= 0.6 is 11.3 Å². The molecule has 0 bridgehead atoms. The summed E-state index contributed by atoms with van der Waals surface area (Å²) in [5.41, 5.74) is 7.95. The average Bonchev–Trinajstić information content (AvgIpc) is 3.20. The van der Waals surface area contributed by atoms with E-state index in [0.29, 0.717) is 18.3 Å². The number of aliphatic imine (C=N–C) groups is 1. The molecule has 4 rings (SSSR count). The van der Waals surface area contributed by atoms with Gasteiger partial charge in [0.2, 0.25) is 5.91 Å². The van der Waals surface area contributed by atoms with Crippen molar-refractivity contribution in [1.29, 1.82) is 0 Å². The summed E-state index contributed by atoms with van der Waals surface area (Å²) in [6, 6.07) is 6.52. The SMILES string of the molecule is CN1C(=O)C[C@@](C)(c2ccc3scc(C4CCCC4)c3c2)N=C1N. The Morgan fingerprint density at radius 1 is 1.33 bits per heavy atom. The molecule has 2 aliphatic rings. The highest BCUT2D eigenvalue weighted by Crippen LogP contribution is 2.42. The standard InChI is InChI=1S/C19H23N3OS/c1-19(10-17(23)22(2)18(20)21-19)13-7-8-16-14(9-13)15(11-24-16)12-5-3-4-6-12/h7-9,11-12H,3-6,10H2,1-2H3,(H2,20,21)/t19-/m0/s1. The summed E-state index contributed by atoms with van der Waals surface area (Å²) in [6.07, 6.45) is 5.62. The number of guanidine groups is 1. The monoisotopic (exact) mass is 341 g/mol. The summed E-state index contributed by atoms with van der Waals surface area (Å²) in [4.78, 5) is 18.3. The highest BCUT2D eigenvalue weighted by molar-refractivity contribution is 7.17. The molecule has 2 aromatic rings. The lowest BCUT2D eigenvalue weighted by atomic mass is 9.86. The van der Waals surface area contributed by atoms with Crippen molar-refractivity contribution < 1.29 is 4.79 Å². The van der Waals surface area contributed by atoms with Crippen molar-refractivity contribution in [2.24, 2.45) is 10.7 Å². The van der Waals surface area contributed by atoms with Gasteiger partial charge in [-0.3, -0.25) is 9.69 Å². The highest BCUT2D eigenvalue weighted by atomic mass is 32.1. The molecular weight excluding hydrogens is 318 g/mol. The molecular formula is C19H23N3OS. The topological polar surface area (TPSA) is 58.7 Å². The number of benzene rings is 1. The molecule has 24 heavy (non-hydrogen) atoms. The summed E-state index contributed by atoms with van der Waals surface area (Å²) < 4.78 is 1.32. The van der Waals surface area contributed by atoms with E-state index in [1.54, 1.807) is 7.05 Å². The Balaban J connectivity index is 1.80. The molecule has 1 atom stereocenters. The van der Waals surface area contributed by atoms with E-state index >= 15 is 0 Å². The fourth-order valence-electron chi connectivity index (χ4n) is 4.01. The minimum Gasteiger partial charge on any atom is -0.369 e. The van der Waals surface area contributed by atoms with E-state index in [2.05, 4.69) is 28.6 Å². The van der Waals surface area contributed by atoms with Gasteiger partial charge in [0.1, 0.15) is 0 Å². The van der Waals surface area contributed by atoms with Crippen LogP contribution in [0, 0.1) is 0 Å². The molecule has 1 aliphatic heterocycles. The molecule has 126 valence electrons. The number of fused-ring (bicyclic) bond motifs is 1. The minimum atomic E-state index is -0.573. The number of nitrogens with two attached hydrogens (primary N) is 1. The zero-order valence-electron chi connectivity index (χ0n) is 14.2. The Bertz CT molecular complexity index is 834. The van der Waals surface area contributed by atoms with Crippen LogP contribution in [0.4, 0.5) is 0 Å². The summed E-state index contributed by atoms with van der Waals surface area (Å²) in [5, 5.41) is 3.66. The second-order valence-electron chi connectivity index (χ2n) is 7.26. The minimum absolute atomic E-state index is 0.0198. The molecule has 0 saturated heterocycles. The lowest BCUT2D eigenvalue weighted by Gasteiger charge is -2.33. The number of amides is 1. The van der Waals surface area contributed by atoms with Crippen LogP contribution in [0.2, 0.25) is 0 Å². The third-order valence-electron chi connectivity index (χ3n) is 5.59. The van der Waals surface area contributed by atoms with E-state index in [0.717, 1.165) is 5.56 Å². The van der Waals surface area contributed by atoms with Crippen LogP contribution in [0.15, 0.2) is 28.6 Å². The molecule has 1 saturated carbocycles. The first kappa shape index (κ1) is 15.6. The fraction of sp³-hybridized carbons (Fsp3) is 0.474. The molecule has 0 unspecified atom stereocenters. The Hall–Kier alpha value is -1.88. The predicted molar refractivity (Wildman–Crippen MR) is 99.4 cm³/mol. The van der Waals surface area contributed by atoms with Crippen LogP contribution in [0.3, 0.4) is 0 Å². The second kappa shape index (κ2) is 5.59. The summed E-state index contributed by atoms with van der Waals surface area (Å²) in [5.74, 6) is 1.01. The lowest BCUT2D eigenvalue weighted by Crippen LogP contribution is -2.47. The van der Waals surface area contributed by atoms with Crippen molar-refractivity contribution in [3.63, 3.8) is 0 Å². The zero-order chi connectivity index (χ0) is 16.9. The number of nitrogens with zero attached hydrogens (tertiary/aromatic N) is 2. The van der Waals surface area contributed by atoms with Crippen molar-refractivity contribution >= 4 is 33.3 Å². The third kappa shape index (κ3) is 2.42. The zero-order valence-corrected chi connectivity index (χ0v) is 15.0. The number of thiophene rings is 1. The molecule has 1 amide bonds. The molecule has 0 radical (unpaired) electrons. The van der Waals surface area contributed by atoms with Crippen molar-refractivity contribution in [2.45, 2.75) is 50.5 Å². The van der Waals surface area contributed by atoms with Crippen molar-refractivity contribution in [3.8, 4) is 0 Å². The normalized spacial score (nSPS) is 25.5. The maximum Gasteiger partial charge on any atom is 0.231 e. The fourth-order valence-corrected chi connectivity index (χ4v) is 5.04. The van der Waals surface area contributed by atoms with Crippen LogP contribution in [-0.4, -0.2) is 23.8 Å². The Kier molecular flexibility index (Phi) is 3.64. The van der Waals surface area contributed by atoms with Gasteiger partial charge in [-0.2, -0.15) is 0 Å². The van der Waals surface area contributed by atoms with Gasteiger partial charge in [-0.1, -0.05) is 18.9 Å². The molecule has 2 N–H and O–H groups in total. The first-order chi connectivity index (χ1) is 11.5. The van der Waals surface area contributed by atoms with Gasteiger partial charge in [-0.25, -0.2) is 4.99 Å². The summed E-state index contributed by atoms with van der Waals surface area (Å²) in [6.45, 7) is 2.01. The van der Waals surface area contributed by atoms with Gasteiger partial charge >= 0.3 is 0 Å². The van der Waals surface area contributed by atoms with Gasteiger partial charge in [-0.15, -0.1) is 11.3 Å². The van der Waals surface area contributed by atoms with Crippen LogP contribution in [0.1, 0.15) is 56.1 Å². The highest BCUT2D eigenvalue weighted by Gasteiger charge is 2.36. The van der Waals surface area contributed by atoms with Crippen LogP contribution in [-0.2, 0) is 10.3 Å². The molecule has 1 fully saturated rings. The maximum absolute atomic E-state index is 12.3. The van der Waals surface area contributed by atoms with Gasteiger partial charge in [-0.05, 0) is 59.7 Å². The van der Waals surface area contributed by atoms with E-state index in [1.165, 1.54) is 46.2 Å². The van der Waals surface area contributed by atoms with Gasteiger partial charge < -0.3 is 5.73 Å². The summed E-state index contributed by atoms with van der Waals surface area (Å²) in [7, 11) is 1.68. The van der Waals surface area contributed by atoms with Crippen LogP contribution in [0.5, 0.6) is 0 Å². The average molecular weight is 341 g/mol. The third-order valence-corrected chi connectivity index (χ3v) is 6.58. The molecule has 0 spiro atoms. The van der Waals surface area contributed by atoms with E-state index in [9.17, 15) is 4.79 Å². The summed E-state index contributed by atoms with van der Waals surface area (Å²) >= 11 is 1.82. The largest absolute Gasteiger partial charge is 0.369 e. The smallest absolute Gasteiger partial charge is 0.231 e. The molecule has 1 aliphatic carbocycles. The number of carbonyl (C=O) groups is 1. The van der Waals surface area contributed by atoms with Gasteiger partial charge in [0.15, 0.2) is 5.96 Å². The second-order valence-corrected chi connectivity index (χ2v) is 8.17.